The van der Waals surface area contributed by atoms with Crippen molar-refractivity contribution in [1.82, 2.24) is 4.72 Å². The second kappa shape index (κ2) is 8.69. The van der Waals surface area contributed by atoms with E-state index in [1.807, 2.05) is 58.9 Å². The molecule has 1 N–H and O–H groups in total. The lowest BCUT2D eigenvalue weighted by Gasteiger charge is -2.35. The van der Waals surface area contributed by atoms with Crippen molar-refractivity contribution >= 4 is 23.0 Å². The lowest BCUT2D eigenvalue weighted by molar-refractivity contribution is -0.173. The standard InChI is InChI=1S/C20H29ClN2O3S/c1-18(2,3)27(24)23-17(19(4,5)14-22)9-10-20(25-11-12-26-20)15-7-6-8-16(21)13-15/h6-8,13,17,23H,9-12H2,1-5H3. The van der Waals surface area contributed by atoms with Crippen molar-refractivity contribution in [3.05, 3.63) is 34.9 Å². The highest BCUT2D eigenvalue weighted by molar-refractivity contribution is 7.90. The molecule has 1 heterocycles. The second-order valence-corrected chi connectivity index (χ2v) is 10.8. The molecule has 2 atom stereocenters. The van der Waals surface area contributed by atoms with Gasteiger partial charge in [-0.05, 0) is 53.2 Å². The predicted molar refractivity (Wildman–Crippen MR) is 108 cm³/mol. The summed E-state index contributed by atoms with van der Waals surface area (Å²) in [5, 5.41) is 10.2. The molecule has 0 radical (unpaired) electrons. The Morgan fingerprint density at radius 1 is 1.30 bits per heavy atom. The summed E-state index contributed by atoms with van der Waals surface area (Å²) in [7, 11) is 0. The van der Waals surface area contributed by atoms with Gasteiger partial charge in [0.1, 0.15) is 4.75 Å². The van der Waals surface area contributed by atoms with Gasteiger partial charge in [0.25, 0.3) is 0 Å². The van der Waals surface area contributed by atoms with Crippen LogP contribution in [-0.2, 0) is 26.6 Å². The molecule has 1 aromatic rings. The Labute approximate surface area is 170 Å². The van der Waals surface area contributed by atoms with Gasteiger partial charge in [0.15, 0.2) is 5.79 Å². The zero-order valence-electron chi connectivity index (χ0n) is 16.7. The number of halogens is 1. The van der Waals surface area contributed by atoms with Gasteiger partial charge in [-0.15, -0.1) is 4.72 Å². The first-order chi connectivity index (χ1) is 12.5. The average molecular weight is 413 g/mol. The van der Waals surface area contributed by atoms with E-state index in [-0.39, 0.29) is 6.04 Å². The Kier molecular flexibility index (Phi) is 7.23. The van der Waals surface area contributed by atoms with Crippen LogP contribution in [-0.4, -0.2) is 28.6 Å². The quantitative estimate of drug-likeness (QED) is 0.676. The molecule has 5 nitrogen and oxygen atoms in total. The maximum Gasteiger partial charge on any atom is 0.195 e. The van der Waals surface area contributed by atoms with Crippen molar-refractivity contribution in [3.63, 3.8) is 0 Å². The fourth-order valence-electron chi connectivity index (χ4n) is 2.92. The summed E-state index contributed by atoms with van der Waals surface area (Å²) in [5.41, 5.74) is 0.160. The SMILES string of the molecule is CC(C)(C#N)C(CCC1(c2cccc(Cl)c2)OCCO1)N[S+]([O-])C(C)(C)C. The molecule has 7 heteroatoms. The van der Waals surface area contributed by atoms with Crippen molar-refractivity contribution in [2.24, 2.45) is 5.41 Å². The van der Waals surface area contributed by atoms with Crippen LogP contribution in [0.1, 0.15) is 53.0 Å². The maximum absolute atomic E-state index is 12.6. The molecule has 0 amide bonds. The van der Waals surface area contributed by atoms with E-state index >= 15 is 0 Å². The van der Waals surface area contributed by atoms with Crippen molar-refractivity contribution in [2.75, 3.05) is 13.2 Å². The van der Waals surface area contributed by atoms with Crippen LogP contribution < -0.4 is 4.72 Å². The molecule has 0 spiro atoms. The Bertz CT molecular complexity index is 679. The molecular formula is C20H29ClN2O3S. The molecule has 1 fully saturated rings. The molecule has 1 aliphatic heterocycles. The number of hydrogen-bond donors (Lipinski definition) is 1. The van der Waals surface area contributed by atoms with Gasteiger partial charge >= 0.3 is 0 Å². The zero-order chi connectivity index (χ0) is 20.3. The number of nitrogens with zero attached hydrogens (tertiary/aromatic N) is 1. The third kappa shape index (κ3) is 5.60. The normalized spacial score (nSPS) is 19.5. The van der Waals surface area contributed by atoms with Crippen LogP contribution >= 0.6 is 11.6 Å². The number of nitrogens with one attached hydrogen (secondary N) is 1. The van der Waals surface area contributed by atoms with E-state index in [0.29, 0.717) is 31.1 Å². The fraction of sp³-hybridized carbons (Fsp3) is 0.650. The number of ether oxygens (including phenoxy) is 2. The zero-order valence-corrected chi connectivity index (χ0v) is 18.2. The molecule has 2 rings (SSSR count). The Morgan fingerprint density at radius 2 is 1.93 bits per heavy atom. The Balaban J connectivity index is 2.22. The molecule has 27 heavy (non-hydrogen) atoms. The minimum absolute atomic E-state index is 0.286. The topological polar surface area (TPSA) is 77.3 Å². The molecule has 2 unspecified atom stereocenters. The number of rotatable bonds is 7. The third-order valence-corrected chi connectivity index (χ3v) is 6.59. The van der Waals surface area contributed by atoms with Gasteiger partial charge in [-0.3, -0.25) is 0 Å². The second-order valence-electron chi connectivity index (χ2n) is 8.38. The molecule has 1 aliphatic rings. The van der Waals surface area contributed by atoms with Crippen LogP contribution in [0, 0.1) is 16.7 Å². The largest absolute Gasteiger partial charge is 0.598 e. The fourth-order valence-corrected chi connectivity index (χ4v) is 4.14. The van der Waals surface area contributed by atoms with E-state index in [9.17, 15) is 9.81 Å². The van der Waals surface area contributed by atoms with Gasteiger partial charge in [-0.1, -0.05) is 23.7 Å². The Morgan fingerprint density at radius 3 is 2.44 bits per heavy atom. The molecule has 0 aromatic heterocycles. The highest BCUT2D eigenvalue weighted by atomic mass is 35.5. The summed E-state index contributed by atoms with van der Waals surface area (Å²) >= 11 is 4.87. The van der Waals surface area contributed by atoms with Crippen LogP contribution in [0.25, 0.3) is 0 Å². The van der Waals surface area contributed by atoms with Crippen molar-refractivity contribution in [3.8, 4) is 6.07 Å². The van der Waals surface area contributed by atoms with Crippen LogP contribution in [0.3, 0.4) is 0 Å². The number of hydrogen-bond acceptors (Lipinski definition) is 5. The van der Waals surface area contributed by atoms with Crippen LogP contribution in [0.2, 0.25) is 5.02 Å². The Hall–Kier alpha value is -0.810. The first-order valence-electron chi connectivity index (χ1n) is 9.13. The van der Waals surface area contributed by atoms with Crippen molar-refractivity contribution < 1.29 is 14.0 Å². The average Bonchev–Trinajstić information content (AvgIpc) is 3.07. The van der Waals surface area contributed by atoms with Gasteiger partial charge in [0.2, 0.25) is 0 Å². The third-order valence-electron chi connectivity index (χ3n) is 4.75. The van der Waals surface area contributed by atoms with E-state index in [0.717, 1.165) is 5.56 Å². The summed E-state index contributed by atoms with van der Waals surface area (Å²) in [6, 6.07) is 9.51. The van der Waals surface area contributed by atoms with Gasteiger partial charge < -0.3 is 14.0 Å². The minimum atomic E-state index is -1.28. The van der Waals surface area contributed by atoms with Crippen molar-refractivity contribution in [1.29, 1.82) is 5.26 Å². The van der Waals surface area contributed by atoms with Gasteiger partial charge in [-0.2, -0.15) is 5.26 Å². The molecule has 150 valence electrons. The van der Waals surface area contributed by atoms with Gasteiger partial charge in [0.05, 0.1) is 30.7 Å². The minimum Gasteiger partial charge on any atom is -0.598 e. The van der Waals surface area contributed by atoms with Gasteiger partial charge in [0, 0.05) is 28.4 Å². The molecule has 1 saturated heterocycles. The lowest BCUT2D eigenvalue weighted by Crippen LogP contribution is -2.50. The van der Waals surface area contributed by atoms with Gasteiger partial charge in [-0.25, -0.2) is 0 Å². The van der Waals surface area contributed by atoms with E-state index < -0.39 is 27.3 Å². The summed E-state index contributed by atoms with van der Waals surface area (Å²) in [6.07, 6.45) is 1.09. The lowest BCUT2D eigenvalue weighted by atomic mass is 9.82. The highest BCUT2D eigenvalue weighted by Gasteiger charge is 2.43. The van der Waals surface area contributed by atoms with Crippen LogP contribution in [0.15, 0.2) is 24.3 Å². The summed E-state index contributed by atoms with van der Waals surface area (Å²) in [5.74, 6) is -0.889. The molecular weight excluding hydrogens is 384 g/mol. The highest BCUT2D eigenvalue weighted by Crippen LogP contribution is 2.39. The molecule has 0 saturated carbocycles. The predicted octanol–water partition coefficient (Wildman–Crippen LogP) is 4.29. The van der Waals surface area contributed by atoms with E-state index in [1.165, 1.54) is 0 Å². The molecule has 0 bridgehead atoms. The summed E-state index contributed by atoms with van der Waals surface area (Å²) in [6.45, 7) is 10.4. The van der Waals surface area contributed by atoms with E-state index in [4.69, 9.17) is 21.1 Å². The van der Waals surface area contributed by atoms with Crippen LogP contribution in [0.4, 0.5) is 0 Å². The van der Waals surface area contributed by atoms with E-state index in [1.54, 1.807) is 0 Å². The van der Waals surface area contributed by atoms with Crippen molar-refractivity contribution in [2.45, 2.75) is 64.0 Å². The number of nitriles is 1. The monoisotopic (exact) mass is 412 g/mol. The molecule has 1 aromatic carbocycles. The summed E-state index contributed by atoms with van der Waals surface area (Å²) in [4.78, 5) is 0. The first kappa shape index (κ1) is 22.5. The molecule has 0 aliphatic carbocycles. The smallest absolute Gasteiger partial charge is 0.195 e. The number of benzene rings is 1. The summed E-state index contributed by atoms with van der Waals surface area (Å²) < 4.78 is 27.3. The van der Waals surface area contributed by atoms with E-state index in [2.05, 4.69) is 10.8 Å². The maximum atomic E-state index is 12.6. The van der Waals surface area contributed by atoms with Crippen LogP contribution in [0.5, 0.6) is 0 Å². The first-order valence-corrected chi connectivity index (χ1v) is 10.7.